The molecule has 4 saturated heterocycles. The number of nitrogens with one attached hydrogen (secondary N) is 2. The Labute approximate surface area is 385 Å². The Kier molecular flexibility index (Phi) is 11.7. The predicted octanol–water partition coefficient (Wildman–Crippen LogP) is 5.53. The average Bonchev–Trinajstić information content (AvgIpc) is 3.71. The highest BCUT2D eigenvalue weighted by Crippen LogP contribution is 2.41. The lowest BCUT2D eigenvalue weighted by Gasteiger charge is -2.50. The maximum absolute atomic E-state index is 15.6. The number of alkyl halides is 3. The van der Waals surface area contributed by atoms with E-state index in [1.807, 2.05) is 28.9 Å². The molecule has 67 heavy (non-hydrogen) atoms. The third-order valence-corrected chi connectivity index (χ3v) is 14.9. The number of rotatable bonds is 12. The minimum Gasteiger partial charge on any atom is -0.362 e. The van der Waals surface area contributed by atoms with Crippen LogP contribution >= 0.6 is 0 Å². The second-order valence-electron chi connectivity index (χ2n) is 19.6. The number of aromatic nitrogens is 7. The van der Waals surface area contributed by atoms with Crippen LogP contribution < -0.4 is 15.5 Å². The van der Waals surface area contributed by atoms with Gasteiger partial charge in [-0.2, -0.15) is 15.3 Å². The lowest BCUT2D eigenvalue weighted by Crippen LogP contribution is -2.58. The van der Waals surface area contributed by atoms with Gasteiger partial charge in [0.2, 0.25) is 11.8 Å². The highest BCUT2D eigenvalue weighted by molar-refractivity contribution is 6.08. The number of carbonyl (C=O) groups is 3. The number of nitrogens with zero attached hydrogens (tertiary/aromatic N) is 10. The van der Waals surface area contributed by atoms with E-state index in [2.05, 4.69) is 54.4 Å². The van der Waals surface area contributed by atoms with Crippen molar-refractivity contribution in [3.05, 3.63) is 65.4 Å². The lowest BCUT2D eigenvalue weighted by molar-refractivity contribution is -0.134. The Morgan fingerprint density at radius 1 is 0.970 bits per heavy atom. The Hall–Kier alpha value is -5.84. The van der Waals surface area contributed by atoms with Crippen molar-refractivity contribution in [3.63, 3.8) is 0 Å². The number of halogens is 3. The molecule has 6 fully saturated rings. The SMILES string of the molecule is CN1CC(C2CN(c3ccn4ncc(C(=O)Nc5cn(C6CCC(CN7CC[C@H](OCC#Cc8cccc9c(C%10CCC(=O)NC%10=O)nn(C%10CC%10)c89)[C@H](F)C7)CC6)nc5C(F)F)c4n3)C2)C1. The number of imide groups is 1. The van der Waals surface area contributed by atoms with Gasteiger partial charge in [-0.1, -0.05) is 24.0 Å². The van der Waals surface area contributed by atoms with Crippen LogP contribution in [0.5, 0.6) is 0 Å². The fraction of sp³-hybridized carbons (Fsp3) is 0.562. The number of benzene rings is 1. The van der Waals surface area contributed by atoms with E-state index >= 15 is 4.39 Å². The van der Waals surface area contributed by atoms with Gasteiger partial charge in [0.1, 0.15) is 24.2 Å². The van der Waals surface area contributed by atoms with Crippen LogP contribution in [0.1, 0.15) is 110 Å². The van der Waals surface area contributed by atoms with Gasteiger partial charge in [-0.15, -0.1) is 0 Å². The molecule has 2 aliphatic carbocycles. The van der Waals surface area contributed by atoms with Crippen LogP contribution in [0.2, 0.25) is 0 Å². The van der Waals surface area contributed by atoms with Gasteiger partial charge in [-0.3, -0.25) is 34.0 Å². The zero-order valence-electron chi connectivity index (χ0n) is 37.5. The van der Waals surface area contributed by atoms with Crippen molar-refractivity contribution in [1.82, 2.24) is 49.3 Å². The molecule has 352 valence electrons. The van der Waals surface area contributed by atoms with Gasteiger partial charge in [0.15, 0.2) is 11.3 Å². The minimum atomic E-state index is -2.89. The molecule has 1 aromatic carbocycles. The highest BCUT2D eigenvalue weighted by Gasteiger charge is 2.40. The zero-order valence-corrected chi connectivity index (χ0v) is 37.5. The molecule has 19 heteroatoms. The second-order valence-corrected chi connectivity index (χ2v) is 19.6. The number of hydrogen-bond donors (Lipinski definition) is 2. The van der Waals surface area contributed by atoms with E-state index in [9.17, 15) is 23.2 Å². The van der Waals surface area contributed by atoms with Crippen molar-refractivity contribution in [1.29, 1.82) is 0 Å². The van der Waals surface area contributed by atoms with Crippen molar-refractivity contribution in [2.24, 2.45) is 17.8 Å². The summed E-state index contributed by atoms with van der Waals surface area (Å²) < 4.78 is 55.3. The van der Waals surface area contributed by atoms with Gasteiger partial charge in [-0.25, -0.2) is 22.7 Å². The van der Waals surface area contributed by atoms with Gasteiger partial charge < -0.3 is 19.9 Å². The number of carbonyl (C=O) groups excluding carboxylic acids is 3. The summed E-state index contributed by atoms with van der Waals surface area (Å²) in [5, 5.41) is 19.5. The van der Waals surface area contributed by atoms with Crippen molar-refractivity contribution < 1.29 is 32.3 Å². The van der Waals surface area contributed by atoms with Crippen LogP contribution in [0.15, 0.2) is 42.9 Å². The van der Waals surface area contributed by atoms with Crippen LogP contribution in [0.3, 0.4) is 0 Å². The maximum atomic E-state index is 15.6. The number of hydrogen-bond acceptors (Lipinski definition) is 11. The number of piperidine rings is 2. The first-order valence-corrected chi connectivity index (χ1v) is 23.8. The summed E-state index contributed by atoms with van der Waals surface area (Å²) in [5.41, 5.74) is 2.37. The van der Waals surface area contributed by atoms with Gasteiger partial charge >= 0.3 is 0 Å². The van der Waals surface area contributed by atoms with Gasteiger partial charge in [0.25, 0.3) is 12.3 Å². The number of fused-ring (bicyclic) bond motifs is 2. The molecule has 11 rings (SSSR count). The fourth-order valence-corrected chi connectivity index (χ4v) is 10.9. The fourth-order valence-electron chi connectivity index (χ4n) is 10.9. The Balaban J connectivity index is 0.660. The smallest absolute Gasteiger partial charge is 0.284 e. The molecule has 3 amide bonds. The van der Waals surface area contributed by atoms with E-state index in [0.29, 0.717) is 48.5 Å². The molecule has 0 bridgehead atoms. The number of para-hydroxylation sites is 1. The molecule has 0 spiro atoms. The van der Waals surface area contributed by atoms with Crippen molar-refractivity contribution in [2.45, 2.75) is 94.5 Å². The average molecular weight is 921 g/mol. The molecule has 3 atom stereocenters. The molecule has 2 N–H and O–H groups in total. The Morgan fingerprint density at radius 2 is 1.76 bits per heavy atom. The number of ether oxygens (including phenoxy) is 1. The summed E-state index contributed by atoms with van der Waals surface area (Å²) in [7, 11) is 2.13. The van der Waals surface area contributed by atoms with Crippen molar-refractivity contribution in [3.8, 4) is 11.8 Å². The monoisotopic (exact) mass is 920 g/mol. The molecule has 6 aliphatic rings. The number of likely N-dealkylation sites (tertiary alicyclic amines) is 2. The van der Waals surface area contributed by atoms with E-state index in [-0.39, 0.29) is 54.7 Å². The third-order valence-electron chi connectivity index (χ3n) is 14.9. The van der Waals surface area contributed by atoms with Crippen LogP contribution in [0, 0.1) is 29.6 Å². The van der Waals surface area contributed by atoms with Gasteiger partial charge in [0.05, 0.1) is 52.8 Å². The van der Waals surface area contributed by atoms with Gasteiger partial charge in [0, 0.05) is 70.0 Å². The molecular weight excluding hydrogens is 866 g/mol. The summed E-state index contributed by atoms with van der Waals surface area (Å²) in [5.74, 6) is 7.09. The molecular formula is C48H55F3N12O4. The number of anilines is 2. The van der Waals surface area contributed by atoms with Crippen LogP contribution in [0.4, 0.5) is 24.7 Å². The van der Waals surface area contributed by atoms with E-state index in [4.69, 9.17) is 14.8 Å². The summed E-state index contributed by atoms with van der Waals surface area (Å²) in [6, 6.07) is 7.79. The minimum absolute atomic E-state index is 0.0299. The van der Waals surface area contributed by atoms with Crippen LogP contribution in [0.25, 0.3) is 16.6 Å². The lowest BCUT2D eigenvalue weighted by atomic mass is 9.81. The summed E-state index contributed by atoms with van der Waals surface area (Å²) in [6.07, 6.45) is 6.43. The van der Waals surface area contributed by atoms with E-state index in [0.717, 1.165) is 93.5 Å². The summed E-state index contributed by atoms with van der Waals surface area (Å²) >= 11 is 0. The normalized spacial score (nSPS) is 25.6. The Morgan fingerprint density at radius 3 is 2.51 bits per heavy atom. The molecule has 8 heterocycles. The third kappa shape index (κ3) is 8.79. The first kappa shape index (κ1) is 43.7. The summed E-state index contributed by atoms with van der Waals surface area (Å²) in [4.78, 5) is 49.6. The standard InChI is InChI=1S/C48H55F3N12O4/c1-58-22-30(23-58)31-24-60(25-31)40-16-18-61-46(54-40)36(20-52-61)48(66)53-38-27-62(56-43(38)45(50)51)32-9-7-28(8-10-32)21-59-17-15-39(37(49)26-59)67-19-3-5-29-4-2-6-34-42(35-13-14-41(64)55-47(35)65)57-63(44(29)34)33-11-12-33/h2,4,6,16,18,20,27-28,30-33,35,37,39,45H,7-15,17,19,21-26H2,1H3,(H,53,66)(H,55,64,65)/t28?,32?,35?,37-,39+/m1/s1. The molecule has 4 aromatic heterocycles. The van der Waals surface area contributed by atoms with E-state index in [1.165, 1.54) is 16.9 Å². The van der Waals surface area contributed by atoms with Crippen molar-refractivity contribution in [2.75, 3.05) is 69.7 Å². The predicted molar refractivity (Wildman–Crippen MR) is 242 cm³/mol. The summed E-state index contributed by atoms with van der Waals surface area (Å²) in [6.45, 7) is 5.84. The molecule has 1 unspecified atom stereocenters. The topological polar surface area (TPSA) is 160 Å². The number of amides is 3. The Bertz CT molecular complexity index is 2750. The molecule has 2 saturated carbocycles. The molecule has 0 radical (unpaired) electrons. The first-order valence-electron chi connectivity index (χ1n) is 23.8. The van der Waals surface area contributed by atoms with Crippen LogP contribution in [-0.4, -0.2) is 133 Å². The van der Waals surface area contributed by atoms with Crippen LogP contribution in [-0.2, 0) is 14.3 Å². The molecule has 5 aromatic rings. The molecule has 16 nitrogen and oxygen atoms in total. The van der Waals surface area contributed by atoms with E-state index in [1.54, 1.807) is 10.9 Å². The van der Waals surface area contributed by atoms with E-state index < -0.39 is 36.2 Å². The second kappa shape index (κ2) is 18.0. The zero-order chi connectivity index (χ0) is 45.9. The van der Waals surface area contributed by atoms with Gasteiger partial charge in [-0.05, 0) is 88.3 Å². The first-order chi connectivity index (χ1) is 32.5. The quantitative estimate of drug-likeness (QED) is 0.120. The highest BCUT2D eigenvalue weighted by atomic mass is 19.3. The maximum Gasteiger partial charge on any atom is 0.284 e. The largest absolute Gasteiger partial charge is 0.362 e. The van der Waals surface area contributed by atoms with Crippen molar-refractivity contribution >= 4 is 45.8 Å². The molecule has 4 aliphatic heterocycles.